The molecule has 0 spiro atoms. The Balaban J connectivity index is 4.30. The average molecular weight is 667 g/mol. The Kier molecular flexibility index (Phi) is 31.8. The third kappa shape index (κ3) is 30.7. The number of unbranched alkanes of at least 4 members (excludes halogenated alkanes) is 20. The molecule has 0 aliphatic heterocycles. The molecule has 2 amide bonds. The zero-order valence-corrected chi connectivity index (χ0v) is 30.0. The summed E-state index contributed by atoms with van der Waals surface area (Å²) in [6.07, 6.45) is 32.5. The minimum absolute atomic E-state index is 0.110. The largest absolute Gasteiger partial charge is 0.480 e. The number of amides is 2. The van der Waals surface area contributed by atoms with Crippen LogP contribution in [0.5, 0.6) is 0 Å². The smallest absolute Gasteiger partial charge is 0.328 e. The molecule has 0 aromatic carbocycles. The number of aliphatic carboxylic acids is 1. The molecule has 0 rings (SSSR count). The first-order valence-electron chi connectivity index (χ1n) is 19.1. The minimum atomic E-state index is -1.39. The van der Waals surface area contributed by atoms with Crippen molar-refractivity contribution in [2.75, 3.05) is 13.2 Å². The zero-order chi connectivity index (χ0) is 34.8. The van der Waals surface area contributed by atoms with Crippen molar-refractivity contribution < 1.29 is 34.1 Å². The molecule has 2 unspecified atom stereocenters. The van der Waals surface area contributed by atoms with Gasteiger partial charge in [0, 0.05) is 12.8 Å². The van der Waals surface area contributed by atoms with Crippen LogP contribution >= 0.6 is 0 Å². The van der Waals surface area contributed by atoms with E-state index in [2.05, 4.69) is 36.6 Å². The van der Waals surface area contributed by atoms with Crippen molar-refractivity contribution in [3.8, 4) is 0 Å². The van der Waals surface area contributed by atoms with Gasteiger partial charge in [-0.25, -0.2) is 4.79 Å². The summed E-state index contributed by atoms with van der Waals surface area (Å²) in [7, 11) is 0. The maximum atomic E-state index is 12.6. The number of aliphatic hydroxyl groups excluding tert-OH is 1. The lowest BCUT2D eigenvalue weighted by atomic mass is 10.0. The number of carboxylic acid groups (broad SMARTS) is 1. The molecular weight excluding hydrogens is 596 g/mol. The van der Waals surface area contributed by atoms with Crippen LogP contribution in [0, 0.1) is 0 Å². The number of nitrogens with one attached hydrogen (secondary N) is 2. The first-order chi connectivity index (χ1) is 22.8. The maximum absolute atomic E-state index is 12.6. The Bertz CT molecular complexity index is 818. The quantitative estimate of drug-likeness (QED) is 0.0307. The highest BCUT2D eigenvalue weighted by atomic mass is 16.5. The summed E-state index contributed by atoms with van der Waals surface area (Å²) in [5, 5.41) is 22.5. The number of carbonyl (C=O) groups is 4. The lowest BCUT2D eigenvalue weighted by molar-refractivity contribution is -0.147. The summed E-state index contributed by atoms with van der Waals surface area (Å²) in [6.45, 7) is 3.43. The summed E-state index contributed by atoms with van der Waals surface area (Å²) < 4.78 is 5.88. The van der Waals surface area contributed by atoms with E-state index in [1.165, 1.54) is 96.3 Å². The second-order valence-corrected chi connectivity index (χ2v) is 13.0. The topological polar surface area (TPSA) is 142 Å². The summed E-state index contributed by atoms with van der Waals surface area (Å²) in [5.74, 6) is -2.39. The molecule has 0 aliphatic rings. The third-order valence-corrected chi connectivity index (χ3v) is 8.50. The molecule has 9 nitrogen and oxygen atoms in total. The molecule has 0 fully saturated rings. The number of carboxylic acids is 1. The van der Waals surface area contributed by atoms with E-state index in [0.717, 1.165) is 51.4 Å². The fourth-order valence-corrected chi connectivity index (χ4v) is 5.51. The molecule has 2 atom stereocenters. The van der Waals surface area contributed by atoms with E-state index in [9.17, 15) is 19.2 Å². The molecule has 47 heavy (non-hydrogen) atoms. The Morgan fingerprint density at radius 2 is 1.13 bits per heavy atom. The van der Waals surface area contributed by atoms with Crippen LogP contribution in [0.4, 0.5) is 0 Å². The number of aliphatic hydroxyl groups is 1. The van der Waals surface area contributed by atoms with Crippen molar-refractivity contribution in [2.45, 2.75) is 193 Å². The summed E-state index contributed by atoms with van der Waals surface area (Å²) in [4.78, 5) is 47.3. The summed E-state index contributed by atoms with van der Waals surface area (Å²) in [6, 6.07) is -1.39. The van der Waals surface area contributed by atoms with Crippen LogP contribution in [-0.4, -0.2) is 59.3 Å². The predicted molar refractivity (Wildman–Crippen MR) is 190 cm³/mol. The number of carbonyl (C=O) groups excluding carboxylic acids is 3. The van der Waals surface area contributed by atoms with Crippen LogP contribution in [0.1, 0.15) is 181 Å². The number of allylic oxidation sites excluding steroid dienone is 1. The highest BCUT2D eigenvalue weighted by molar-refractivity contribution is 5.87. The highest BCUT2D eigenvalue weighted by Crippen LogP contribution is 2.16. The van der Waals surface area contributed by atoms with Crippen molar-refractivity contribution in [1.82, 2.24) is 10.6 Å². The monoisotopic (exact) mass is 667 g/mol. The molecule has 0 aromatic rings. The Labute approximate surface area is 286 Å². The molecule has 0 aliphatic carbocycles. The van der Waals surface area contributed by atoms with E-state index in [-0.39, 0.29) is 30.9 Å². The van der Waals surface area contributed by atoms with Gasteiger partial charge in [-0.15, -0.1) is 0 Å². The van der Waals surface area contributed by atoms with Gasteiger partial charge in [0.15, 0.2) is 0 Å². The predicted octanol–water partition coefficient (Wildman–Crippen LogP) is 8.31. The van der Waals surface area contributed by atoms with Crippen LogP contribution in [0.25, 0.3) is 0 Å². The summed E-state index contributed by atoms with van der Waals surface area (Å²) >= 11 is 0. The van der Waals surface area contributed by atoms with Crippen LogP contribution in [-0.2, 0) is 23.9 Å². The van der Waals surface area contributed by atoms with E-state index in [0.29, 0.717) is 12.8 Å². The van der Waals surface area contributed by atoms with E-state index >= 15 is 0 Å². The minimum Gasteiger partial charge on any atom is -0.480 e. The maximum Gasteiger partial charge on any atom is 0.328 e. The highest BCUT2D eigenvalue weighted by Gasteiger charge is 2.18. The van der Waals surface area contributed by atoms with Crippen LogP contribution < -0.4 is 10.6 Å². The molecule has 4 N–H and O–H groups in total. The fraction of sp³-hybridized carbons (Fsp3) is 0.842. The molecule has 0 saturated heterocycles. The standard InChI is InChI=1S/C38H70N2O7/c1-3-5-7-9-11-13-14-15-16-18-20-26-30-37(44)47-33(27-23-19-17-12-10-8-6-4-2)28-24-21-22-25-29-35(42)39-31-36(43)40-34(32-41)38(45)46/h23,27,33-34,41H,3-22,24-26,28-32H2,1-2H3,(H,39,42)(H,40,43)(H,45,46)/b27-23-. The van der Waals surface area contributed by atoms with Gasteiger partial charge in [0.2, 0.25) is 11.8 Å². The van der Waals surface area contributed by atoms with E-state index in [1.54, 1.807) is 0 Å². The molecule has 0 radical (unpaired) electrons. The van der Waals surface area contributed by atoms with E-state index in [4.69, 9.17) is 14.9 Å². The zero-order valence-electron chi connectivity index (χ0n) is 30.0. The number of esters is 1. The Hall–Kier alpha value is -2.42. The van der Waals surface area contributed by atoms with Gasteiger partial charge in [-0.2, -0.15) is 0 Å². The van der Waals surface area contributed by atoms with Gasteiger partial charge in [-0.1, -0.05) is 135 Å². The first-order valence-corrected chi connectivity index (χ1v) is 19.1. The second kappa shape index (κ2) is 33.5. The van der Waals surface area contributed by atoms with Gasteiger partial charge in [0.05, 0.1) is 13.2 Å². The summed E-state index contributed by atoms with van der Waals surface area (Å²) in [5.41, 5.74) is 0. The lowest BCUT2D eigenvalue weighted by Crippen LogP contribution is -2.47. The molecular formula is C38H70N2O7. The van der Waals surface area contributed by atoms with Crippen molar-refractivity contribution in [2.24, 2.45) is 0 Å². The number of rotatable bonds is 34. The molecule has 0 bridgehead atoms. The Morgan fingerprint density at radius 1 is 0.638 bits per heavy atom. The van der Waals surface area contributed by atoms with Gasteiger partial charge >= 0.3 is 11.9 Å². The van der Waals surface area contributed by atoms with Crippen molar-refractivity contribution >= 4 is 23.8 Å². The van der Waals surface area contributed by atoms with Crippen molar-refractivity contribution in [3.63, 3.8) is 0 Å². The Morgan fingerprint density at radius 3 is 1.66 bits per heavy atom. The fourth-order valence-electron chi connectivity index (χ4n) is 5.51. The lowest BCUT2D eigenvalue weighted by Gasteiger charge is -2.15. The van der Waals surface area contributed by atoms with Crippen molar-refractivity contribution in [3.05, 3.63) is 12.2 Å². The number of hydrogen-bond donors (Lipinski definition) is 4. The number of hydrogen-bond acceptors (Lipinski definition) is 6. The average Bonchev–Trinajstić information content (AvgIpc) is 3.05. The van der Waals surface area contributed by atoms with Gasteiger partial charge in [-0.05, 0) is 44.6 Å². The molecule has 274 valence electrons. The van der Waals surface area contributed by atoms with Crippen LogP contribution in [0.2, 0.25) is 0 Å². The van der Waals surface area contributed by atoms with Gasteiger partial charge in [0.1, 0.15) is 12.1 Å². The molecule has 9 heteroatoms. The van der Waals surface area contributed by atoms with Gasteiger partial charge in [0.25, 0.3) is 0 Å². The normalized spacial score (nSPS) is 12.6. The van der Waals surface area contributed by atoms with Crippen molar-refractivity contribution in [1.29, 1.82) is 0 Å². The third-order valence-electron chi connectivity index (χ3n) is 8.50. The SMILES string of the molecule is CCCCCCCC/C=C\C(CCCCCCC(=O)NCC(=O)NC(CO)C(=O)O)OC(=O)CCCCCCCCCCCCCC. The molecule has 0 aromatic heterocycles. The molecule has 0 heterocycles. The molecule has 0 saturated carbocycles. The van der Waals surface area contributed by atoms with Crippen LogP contribution in [0.3, 0.4) is 0 Å². The van der Waals surface area contributed by atoms with Crippen LogP contribution in [0.15, 0.2) is 12.2 Å². The first kappa shape index (κ1) is 44.6. The number of ether oxygens (including phenoxy) is 1. The van der Waals surface area contributed by atoms with Gasteiger partial charge in [-0.3, -0.25) is 14.4 Å². The van der Waals surface area contributed by atoms with Gasteiger partial charge < -0.3 is 25.6 Å². The second-order valence-electron chi connectivity index (χ2n) is 13.0. The van der Waals surface area contributed by atoms with E-state index < -0.39 is 24.5 Å². The van der Waals surface area contributed by atoms with E-state index in [1.807, 2.05) is 0 Å².